The van der Waals surface area contributed by atoms with Gasteiger partial charge in [0.1, 0.15) is 23.2 Å². The smallest absolute Gasteiger partial charge is 0.334 e. The van der Waals surface area contributed by atoms with Crippen molar-refractivity contribution in [3.8, 4) is 0 Å². The summed E-state index contributed by atoms with van der Waals surface area (Å²) >= 11 is 0. The molecule has 0 aromatic heterocycles. The van der Waals surface area contributed by atoms with Crippen molar-refractivity contribution in [2.45, 2.75) is 13.8 Å². The molecule has 2 N–H and O–H groups in total. The van der Waals surface area contributed by atoms with E-state index >= 15 is 0 Å². The van der Waals surface area contributed by atoms with Crippen molar-refractivity contribution >= 4 is 23.5 Å². The Kier molecular flexibility index (Phi) is 13.3. The van der Waals surface area contributed by atoms with Crippen LogP contribution in [-0.4, -0.2) is 35.4 Å². The Bertz CT molecular complexity index is 852. The van der Waals surface area contributed by atoms with Gasteiger partial charge in [0, 0.05) is 17.1 Å². The zero-order valence-electron chi connectivity index (χ0n) is 16.8. The van der Waals surface area contributed by atoms with E-state index in [-0.39, 0.29) is 41.4 Å². The topological polar surface area (TPSA) is 93.1 Å². The molecule has 2 aromatic rings. The van der Waals surface area contributed by atoms with E-state index in [0.717, 1.165) is 12.2 Å². The van der Waals surface area contributed by atoms with E-state index in [4.69, 9.17) is 0 Å². The first-order valence-corrected chi connectivity index (χ1v) is 8.94. The van der Waals surface area contributed by atoms with Gasteiger partial charge in [-0.05, 0) is 38.1 Å². The Labute approximate surface area is 189 Å². The number of aliphatic hydroxyl groups excluding tert-OH is 2. The molecule has 171 valence electrons. The van der Waals surface area contributed by atoms with E-state index in [1.807, 2.05) is 0 Å². The quantitative estimate of drug-likeness (QED) is 0.270. The largest absolute Gasteiger partial charge is 0.507 e. The van der Waals surface area contributed by atoms with Crippen LogP contribution in [0.4, 0.5) is 8.78 Å². The number of hydrogen-bond acceptors (Lipinski definition) is 6. The number of ether oxygens (including phenoxy) is 2. The molecular weight excluding hydrogens is 462 g/mol. The normalized spacial score (nSPS) is 10.8. The maximum atomic E-state index is 13.1. The molecule has 0 bridgehead atoms. The number of halogens is 2. The molecule has 0 fully saturated rings. The maximum Gasteiger partial charge on any atom is 0.334 e. The minimum atomic E-state index is -0.696. The van der Waals surface area contributed by atoms with Crippen LogP contribution >= 0.6 is 0 Å². The standard InChI is InChI=1S/2C11H11FO3.Cu/c2*1-2-15-11(14)7-10(13)8-5-3-4-6-9(8)12;/h2*3-7,13H,2H2,1H3;/b2*10-7-;. The number of aliphatic hydroxyl groups is 2. The van der Waals surface area contributed by atoms with Gasteiger partial charge >= 0.3 is 11.9 Å². The van der Waals surface area contributed by atoms with Gasteiger partial charge in [0.05, 0.1) is 36.5 Å². The first-order valence-electron chi connectivity index (χ1n) is 8.94. The molecule has 6 nitrogen and oxygen atoms in total. The molecule has 0 aliphatic carbocycles. The van der Waals surface area contributed by atoms with E-state index in [2.05, 4.69) is 9.47 Å². The number of rotatable bonds is 6. The van der Waals surface area contributed by atoms with Crippen LogP contribution in [0.1, 0.15) is 25.0 Å². The van der Waals surface area contributed by atoms with Crippen LogP contribution in [0.2, 0.25) is 0 Å². The van der Waals surface area contributed by atoms with Gasteiger partial charge in [0.2, 0.25) is 0 Å². The first kappa shape index (κ1) is 27.8. The van der Waals surface area contributed by atoms with Gasteiger partial charge in [-0.1, -0.05) is 24.3 Å². The molecule has 2 aromatic carbocycles. The molecule has 0 heterocycles. The van der Waals surface area contributed by atoms with Gasteiger partial charge in [-0.15, -0.1) is 0 Å². The molecule has 0 unspecified atom stereocenters. The van der Waals surface area contributed by atoms with E-state index in [1.165, 1.54) is 36.4 Å². The summed E-state index contributed by atoms with van der Waals surface area (Å²) < 4.78 is 35.4. The van der Waals surface area contributed by atoms with E-state index in [9.17, 15) is 28.6 Å². The average molecular weight is 484 g/mol. The summed E-state index contributed by atoms with van der Waals surface area (Å²) in [6, 6.07) is 11.3. The third-order valence-corrected chi connectivity index (χ3v) is 3.38. The van der Waals surface area contributed by atoms with E-state index in [0.29, 0.717) is 0 Å². The summed E-state index contributed by atoms with van der Waals surface area (Å²) in [6.07, 6.45) is 1.70. The van der Waals surface area contributed by atoms with Gasteiger partial charge in [0.25, 0.3) is 0 Å². The molecule has 2 rings (SSSR count). The van der Waals surface area contributed by atoms with Crippen LogP contribution in [0.5, 0.6) is 0 Å². The maximum absolute atomic E-state index is 13.1. The Morgan fingerprint density at radius 1 is 0.774 bits per heavy atom. The average Bonchev–Trinajstić information content (AvgIpc) is 2.69. The SMILES string of the molecule is CCOC(=O)/C=C(\O)c1ccccc1F.CCOC(=O)/C=C(\O)c1ccccc1F.[Cu]. The Morgan fingerprint density at radius 2 is 1.10 bits per heavy atom. The van der Waals surface area contributed by atoms with Crippen molar-refractivity contribution in [3.63, 3.8) is 0 Å². The fraction of sp³-hybridized carbons (Fsp3) is 0.182. The number of carbonyl (C=O) groups is 2. The van der Waals surface area contributed by atoms with Crippen molar-refractivity contribution in [3.05, 3.63) is 83.4 Å². The molecule has 0 saturated heterocycles. The van der Waals surface area contributed by atoms with Crippen LogP contribution < -0.4 is 0 Å². The van der Waals surface area contributed by atoms with Gasteiger partial charge in [-0.25, -0.2) is 18.4 Å². The van der Waals surface area contributed by atoms with E-state index < -0.39 is 35.1 Å². The van der Waals surface area contributed by atoms with Gasteiger partial charge in [-0.3, -0.25) is 0 Å². The van der Waals surface area contributed by atoms with Crippen molar-refractivity contribution < 1.29 is 55.1 Å². The molecule has 0 atom stereocenters. The Morgan fingerprint density at radius 3 is 1.39 bits per heavy atom. The summed E-state index contributed by atoms with van der Waals surface area (Å²) in [5.41, 5.74) is -0.0453. The first-order chi connectivity index (χ1) is 14.3. The van der Waals surface area contributed by atoms with E-state index in [1.54, 1.807) is 26.0 Å². The second kappa shape index (κ2) is 14.8. The predicted octanol–water partition coefficient (Wildman–Crippen LogP) is 4.57. The fourth-order valence-corrected chi connectivity index (χ4v) is 2.08. The minimum Gasteiger partial charge on any atom is -0.507 e. The monoisotopic (exact) mass is 483 g/mol. The van der Waals surface area contributed by atoms with Crippen molar-refractivity contribution in [1.29, 1.82) is 0 Å². The summed E-state index contributed by atoms with van der Waals surface area (Å²) in [6.45, 7) is 3.71. The number of carbonyl (C=O) groups excluding carboxylic acids is 2. The van der Waals surface area contributed by atoms with Crippen LogP contribution in [0, 0.1) is 11.6 Å². The van der Waals surface area contributed by atoms with Crippen molar-refractivity contribution in [2.24, 2.45) is 0 Å². The summed E-state index contributed by atoms with van der Waals surface area (Å²) in [5, 5.41) is 18.8. The molecule has 31 heavy (non-hydrogen) atoms. The van der Waals surface area contributed by atoms with Crippen molar-refractivity contribution in [2.75, 3.05) is 13.2 Å². The fourth-order valence-electron chi connectivity index (χ4n) is 2.08. The molecule has 0 saturated carbocycles. The molecule has 0 spiro atoms. The summed E-state index contributed by atoms with van der Waals surface area (Å²) in [4.78, 5) is 21.9. The van der Waals surface area contributed by atoms with Crippen molar-refractivity contribution in [1.82, 2.24) is 0 Å². The predicted molar refractivity (Wildman–Crippen MR) is 107 cm³/mol. The molecule has 0 aliphatic rings. The number of esters is 2. The number of hydrogen-bond donors (Lipinski definition) is 2. The van der Waals surface area contributed by atoms with Gasteiger partial charge < -0.3 is 19.7 Å². The number of benzene rings is 2. The summed E-state index contributed by atoms with van der Waals surface area (Å²) in [5.74, 6) is -3.44. The zero-order chi connectivity index (χ0) is 22.5. The zero-order valence-corrected chi connectivity index (χ0v) is 17.7. The molecule has 1 radical (unpaired) electrons. The third kappa shape index (κ3) is 9.93. The molecule has 9 heteroatoms. The Hall–Kier alpha value is -3.16. The second-order valence-electron chi connectivity index (χ2n) is 5.52. The second-order valence-corrected chi connectivity index (χ2v) is 5.52. The van der Waals surface area contributed by atoms with Gasteiger partial charge in [0.15, 0.2) is 0 Å². The van der Waals surface area contributed by atoms with Gasteiger partial charge in [-0.2, -0.15) is 0 Å². The van der Waals surface area contributed by atoms with Crippen LogP contribution in [0.25, 0.3) is 11.5 Å². The summed E-state index contributed by atoms with van der Waals surface area (Å²) in [7, 11) is 0. The Balaban J connectivity index is 0.000000562. The minimum absolute atomic E-state index is 0. The molecule has 0 aliphatic heterocycles. The van der Waals surface area contributed by atoms with Crippen LogP contribution in [0.15, 0.2) is 60.7 Å². The van der Waals surface area contributed by atoms with Crippen LogP contribution in [0.3, 0.4) is 0 Å². The molecular formula is C22H22CuF2O6. The van der Waals surface area contributed by atoms with Crippen LogP contribution in [-0.2, 0) is 36.1 Å². The third-order valence-electron chi connectivity index (χ3n) is 3.38. The molecule has 0 amide bonds.